The molecule has 1 aromatic carbocycles. The molecule has 2 aliphatic rings. The zero-order chi connectivity index (χ0) is 17.6. The van der Waals surface area contributed by atoms with Crippen LogP contribution < -0.4 is 5.32 Å². The number of nitrogens with zero attached hydrogens (tertiary/aromatic N) is 2. The number of amides is 2. The van der Waals surface area contributed by atoms with Gasteiger partial charge >= 0.3 is 0 Å². The SMILES string of the molecule is CNCC1CCN(C(=O)C2CCCN(C(=O)Cc3ccccc3)C2)C1.Cl. The summed E-state index contributed by atoms with van der Waals surface area (Å²) in [6.07, 6.45) is 3.33. The summed E-state index contributed by atoms with van der Waals surface area (Å²) in [5.74, 6) is 0.921. The van der Waals surface area contributed by atoms with Crippen molar-refractivity contribution in [3.63, 3.8) is 0 Å². The molecule has 2 unspecified atom stereocenters. The number of hydrogen-bond acceptors (Lipinski definition) is 3. The molecule has 26 heavy (non-hydrogen) atoms. The fraction of sp³-hybridized carbons (Fsp3) is 0.600. The van der Waals surface area contributed by atoms with Gasteiger partial charge in [0.05, 0.1) is 12.3 Å². The number of nitrogens with one attached hydrogen (secondary N) is 1. The van der Waals surface area contributed by atoms with Gasteiger partial charge in [-0.25, -0.2) is 0 Å². The fourth-order valence-electron chi connectivity index (χ4n) is 4.03. The van der Waals surface area contributed by atoms with Crippen LogP contribution in [0.5, 0.6) is 0 Å². The van der Waals surface area contributed by atoms with Crippen LogP contribution in [0.4, 0.5) is 0 Å². The van der Waals surface area contributed by atoms with E-state index in [-0.39, 0.29) is 30.1 Å². The number of rotatable bonds is 5. The Morgan fingerprint density at radius 2 is 1.85 bits per heavy atom. The molecule has 5 nitrogen and oxygen atoms in total. The van der Waals surface area contributed by atoms with Gasteiger partial charge in [0, 0.05) is 26.2 Å². The Balaban J connectivity index is 0.00000243. The van der Waals surface area contributed by atoms with Crippen LogP contribution in [0.15, 0.2) is 30.3 Å². The summed E-state index contributed by atoms with van der Waals surface area (Å²) in [7, 11) is 1.96. The smallest absolute Gasteiger partial charge is 0.227 e. The van der Waals surface area contributed by atoms with E-state index in [1.165, 1.54) is 0 Å². The Morgan fingerprint density at radius 1 is 1.08 bits per heavy atom. The van der Waals surface area contributed by atoms with Crippen LogP contribution in [0.3, 0.4) is 0 Å². The minimum atomic E-state index is -0.0261. The Kier molecular flexibility index (Phi) is 7.91. The molecular formula is C20H30ClN3O2. The van der Waals surface area contributed by atoms with Gasteiger partial charge in [0.15, 0.2) is 0 Å². The van der Waals surface area contributed by atoms with E-state index >= 15 is 0 Å². The summed E-state index contributed by atoms with van der Waals surface area (Å²) in [5.41, 5.74) is 1.04. The zero-order valence-corrected chi connectivity index (χ0v) is 16.3. The first-order valence-electron chi connectivity index (χ1n) is 9.42. The molecule has 2 amide bonds. The van der Waals surface area contributed by atoms with Crippen LogP contribution in [0.2, 0.25) is 0 Å². The number of piperidine rings is 1. The highest BCUT2D eigenvalue weighted by Gasteiger charge is 2.34. The van der Waals surface area contributed by atoms with E-state index in [0.29, 0.717) is 18.9 Å². The molecule has 1 aromatic rings. The van der Waals surface area contributed by atoms with Gasteiger partial charge in [-0.05, 0) is 44.3 Å². The minimum Gasteiger partial charge on any atom is -0.342 e. The van der Waals surface area contributed by atoms with Crippen LogP contribution in [-0.4, -0.2) is 61.4 Å². The average molecular weight is 380 g/mol. The van der Waals surface area contributed by atoms with Crippen LogP contribution >= 0.6 is 12.4 Å². The topological polar surface area (TPSA) is 52.7 Å². The number of hydrogen-bond donors (Lipinski definition) is 1. The van der Waals surface area contributed by atoms with Crippen LogP contribution in [0.25, 0.3) is 0 Å². The van der Waals surface area contributed by atoms with Gasteiger partial charge in [-0.2, -0.15) is 0 Å². The molecule has 2 aliphatic heterocycles. The zero-order valence-electron chi connectivity index (χ0n) is 15.5. The molecule has 0 radical (unpaired) electrons. The van der Waals surface area contributed by atoms with Crippen molar-refractivity contribution >= 4 is 24.2 Å². The van der Waals surface area contributed by atoms with Crippen molar-refractivity contribution in [1.29, 1.82) is 0 Å². The number of carbonyl (C=O) groups is 2. The van der Waals surface area contributed by atoms with Crippen molar-refractivity contribution in [3.05, 3.63) is 35.9 Å². The van der Waals surface area contributed by atoms with E-state index in [9.17, 15) is 9.59 Å². The lowest BCUT2D eigenvalue weighted by Gasteiger charge is -2.34. The normalized spacial score (nSPS) is 22.8. The second kappa shape index (κ2) is 9.93. The number of halogens is 1. The van der Waals surface area contributed by atoms with Crippen LogP contribution in [0, 0.1) is 11.8 Å². The first-order valence-corrected chi connectivity index (χ1v) is 9.42. The number of likely N-dealkylation sites (tertiary alicyclic amines) is 2. The van der Waals surface area contributed by atoms with E-state index in [4.69, 9.17) is 0 Å². The molecule has 144 valence electrons. The van der Waals surface area contributed by atoms with Gasteiger partial charge in [0.2, 0.25) is 11.8 Å². The van der Waals surface area contributed by atoms with Gasteiger partial charge in [0.25, 0.3) is 0 Å². The van der Waals surface area contributed by atoms with Crippen LogP contribution in [0.1, 0.15) is 24.8 Å². The Hall–Kier alpha value is -1.59. The molecule has 0 bridgehead atoms. The highest BCUT2D eigenvalue weighted by Crippen LogP contribution is 2.23. The lowest BCUT2D eigenvalue weighted by molar-refractivity contribution is -0.140. The summed E-state index contributed by atoms with van der Waals surface area (Å²) in [5, 5.41) is 3.20. The van der Waals surface area contributed by atoms with Crippen LogP contribution in [-0.2, 0) is 16.0 Å². The lowest BCUT2D eigenvalue weighted by atomic mass is 9.96. The summed E-state index contributed by atoms with van der Waals surface area (Å²) < 4.78 is 0. The standard InChI is InChI=1S/C20H29N3O2.ClH/c1-21-13-17-9-11-23(14-17)20(25)18-8-5-10-22(15-18)19(24)12-16-6-3-2-4-7-16;/h2-4,6-7,17-18,21H,5,8-15H2,1H3;1H. The summed E-state index contributed by atoms with van der Waals surface area (Å²) in [6.45, 7) is 4.04. The largest absolute Gasteiger partial charge is 0.342 e. The molecule has 2 heterocycles. The molecule has 1 N–H and O–H groups in total. The second-order valence-corrected chi connectivity index (χ2v) is 7.34. The first-order chi connectivity index (χ1) is 12.2. The van der Waals surface area contributed by atoms with Gasteiger partial charge in [-0.15, -0.1) is 12.4 Å². The quantitative estimate of drug-likeness (QED) is 0.850. The Labute approximate surface area is 162 Å². The molecule has 3 rings (SSSR count). The Morgan fingerprint density at radius 3 is 2.58 bits per heavy atom. The molecule has 0 aromatic heterocycles. The molecule has 2 saturated heterocycles. The Bertz CT molecular complexity index is 596. The molecule has 6 heteroatoms. The maximum Gasteiger partial charge on any atom is 0.227 e. The van der Waals surface area contributed by atoms with Gasteiger partial charge in [0.1, 0.15) is 0 Å². The monoisotopic (exact) mass is 379 g/mol. The first kappa shape index (κ1) is 20.7. The number of carbonyl (C=O) groups excluding carboxylic acids is 2. The maximum atomic E-state index is 12.8. The molecule has 2 fully saturated rings. The van der Waals surface area contributed by atoms with Crippen molar-refractivity contribution in [2.24, 2.45) is 11.8 Å². The molecule has 2 atom stereocenters. The van der Waals surface area contributed by atoms with Gasteiger partial charge in [-0.3, -0.25) is 9.59 Å². The van der Waals surface area contributed by atoms with E-state index in [0.717, 1.165) is 51.0 Å². The molecular weight excluding hydrogens is 350 g/mol. The third-order valence-electron chi connectivity index (χ3n) is 5.41. The lowest BCUT2D eigenvalue weighted by Crippen LogP contribution is -2.46. The van der Waals surface area contributed by atoms with Crippen molar-refractivity contribution in [1.82, 2.24) is 15.1 Å². The van der Waals surface area contributed by atoms with Gasteiger partial charge in [-0.1, -0.05) is 30.3 Å². The molecule has 0 aliphatic carbocycles. The van der Waals surface area contributed by atoms with Crippen molar-refractivity contribution in [2.75, 3.05) is 39.8 Å². The van der Waals surface area contributed by atoms with Gasteiger partial charge < -0.3 is 15.1 Å². The third kappa shape index (κ3) is 5.21. The predicted octanol–water partition coefficient (Wildman–Crippen LogP) is 1.96. The van der Waals surface area contributed by atoms with E-state index < -0.39 is 0 Å². The molecule has 0 spiro atoms. The predicted molar refractivity (Wildman–Crippen MR) is 105 cm³/mol. The summed E-state index contributed by atoms with van der Waals surface area (Å²) >= 11 is 0. The van der Waals surface area contributed by atoms with Crippen molar-refractivity contribution in [3.8, 4) is 0 Å². The maximum absolute atomic E-state index is 12.8. The highest BCUT2D eigenvalue weighted by molar-refractivity contribution is 5.85. The minimum absolute atomic E-state index is 0. The summed E-state index contributed by atoms with van der Waals surface area (Å²) in [6, 6.07) is 9.84. The fourth-order valence-corrected chi connectivity index (χ4v) is 4.03. The number of benzene rings is 1. The molecule has 0 saturated carbocycles. The average Bonchev–Trinajstić information content (AvgIpc) is 3.11. The summed E-state index contributed by atoms with van der Waals surface area (Å²) in [4.78, 5) is 29.3. The highest BCUT2D eigenvalue weighted by atomic mass is 35.5. The van der Waals surface area contributed by atoms with Crippen molar-refractivity contribution < 1.29 is 9.59 Å². The van der Waals surface area contributed by atoms with E-state index in [2.05, 4.69) is 5.32 Å². The third-order valence-corrected chi connectivity index (χ3v) is 5.41. The van der Waals surface area contributed by atoms with E-state index in [1.54, 1.807) is 0 Å². The van der Waals surface area contributed by atoms with E-state index in [1.807, 2.05) is 47.2 Å². The second-order valence-electron chi connectivity index (χ2n) is 7.34. The van der Waals surface area contributed by atoms with Crippen molar-refractivity contribution in [2.45, 2.75) is 25.7 Å².